The minimum Gasteiger partial charge on any atom is -0.489 e. The number of hydrogen-bond donors (Lipinski definition) is 1. The number of halogens is 2. The Balaban J connectivity index is 1.61. The van der Waals surface area contributed by atoms with Crippen molar-refractivity contribution in [1.82, 2.24) is 5.32 Å². The summed E-state index contributed by atoms with van der Waals surface area (Å²) in [5.41, 5.74) is 2.34. The van der Waals surface area contributed by atoms with E-state index >= 15 is 0 Å². The van der Waals surface area contributed by atoms with Crippen LogP contribution in [-0.4, -0.2) is 6.04 Å². The molecular weight excluding hydrogens is 350 g/mol. The van der Waals surface area contributed by atoms with Gasteiger partial charge in [0, 0.05) is 22.1 Å². The fourth-order valence-corrected chi connectivity index (χ4v) is 2.58. The van der Waals surface area contributed by atoms with Crippen LogP contribution < -0.4 is 10.1 Å². The van der Waals surface area contributed by atoms with Crippen molar-refractivity contribution in [2.24, 2.45) is 0 Å². The van der Waals surface area contributed by atoms with E-state index in [0.717, 1.165) is 27.4 Å². The molecule has 0 aromatic heterocycles. The van der Waals surface area contributed by atoms with Crippen molar-refractivity contribution in [3.8, 4) is 5.75 Å². The molecule has 0 spiro atoms. The van der Waals surface area contributed by atoms with Crippen LogP contribution in [0.15, 0.2) is 46.9 Å². The van der Waals surface area contributed by atoms with Crippen LogP contribution >= 0.6 is 27.5 Å². The molecule has 3 rings (SSSR count). The number of rotatable bonds is 6. The van der Waals surface area contributed by atoms with Crippen LogP contribution in [0.3, 0.4) is 0 Å². The number of ether oxygens (including phenoxy) is 1. The molecule has 1 aliphatic carbocycles. The summed E-state index contributed by atoms with van der Waals surface area (Å²) in [6.45, 7) is 1.43. The fourth-order valence-electron chi connectivity index (χ4n) is 2.07. The van der Waals surface area contributed by atoms with Gasteiger partial charge in [-0.2, -0.15) is 0 Å². The molecule has 2 aromatic carbocycles. The van der Waals surface area contributed by atoms with Crippen molar-refractivity contribution in [3.05, 3.63) is 63.1 Å². The highest BCUT2D eigenvalue weighted by Crippen LogP contribution is 2.25. The molecule has 0 unspecified atom stereocenters. The summed E-state index contributed by atoms with van der Waals surface area (Å²) < 4.78 is 6.98. The minimum absolute atomic E-state index is 0.550. The van der Waals surface area contributed by atoms with E-state index < -0.39 is 0 Å². The van der Waals surface area contributed by atoms with Gasteiger partial charge in [0.1, 0.15) is 12.4 Å². The van der Waals surface area contributed by atoms with Crippen molar-refractivity contribution < 1.29 is 4.74 Å². The van der Waals surface area contributed by atoms with Gasteiger partial charge in [0.05, 0.1) is 0 Å². The van der Waals surface area contributed by atoms with Gasteiger partial charge in [-0.1, -0.05) is 39.7 Å². The molecule has 0 amide bonds. The van der Waals surface area contributed by atoms with Gasteiger partial charge in [0.25, 0.3) is 0 Å². The first-order chi connectivity index (χ1) is 10.2. The topological polar surface area (TPSA) is 21.3 Å². The molecular formula is C17H17BrClNO. The highest BCUT2D eigenvalue weighted by atomic mass is 79.9. The predicted octanol–water partition coefficient (Wildman–Crippen LogP) is 4.93. The summed E-state index contributed by atoms with van der Waals surface area (Å²) in [6.07, 6.45) is 2.59. The zero-order valence-corrected chi connectivity index (χ0v) is 14.0. The summed E-state index contributed by atoms with van der Waals surface area (Å²) in [5, 5.41) is 4.27. The third kappa shape index (κ3) is 4.47. The molecule has 2 nitrogen and oxygen atoms in total. The first kappa shape index (κ1) is 14.9. The Morgan fingerprint density at radius 1 is 1.14 bits per heavy atom. The SMILES string of the molecule is Clc1ccc(COc2ccc(Br)c(CNC3CC3)c2)cc1. The molecule has 2 aromatic rings. The van der Waals surface area contributed by atoms with Gasteiger partial charge in [-0.05, 0) is 54.3 Å². The molecule has 1 saturated carbocycles. The van der Waals surface area contributed by atoms with Crippen LogP contribution in [-0.2, 0) is 13.2 Å². The number of benzene rings is 2. The van der Waals surface area contributed by atoms with Gasteiger partial charge in [0.2, 0.25) is 0 Å². The van der Waals surface area contributed by atoms with E-state index in [1.807, 2.05) is 36.4 Å². The predicted molar refractivity (Wildman–Crippen MR) is 89.8 cm³/mol. The summed E-state index contributed by atoms with van der Waals surface area (Å²) in [7, 11) is 0. The molecule has 110 valence electrons. The molecule has 0 radical (unpaired) electrons. The van der Waals surface area contributed by atoms with Crippen molar-refractivity contribution in [1.29, 1.82) is 0 Å². The maximum absolute atomic E-state index is 5.88. The Bertz CT molecular complexity index is 611. The van der Waals surface area contributed by atoms with Crippen LogP contribution in [0.5, 0.6) is 5.75 Å². The smallest absolute Gasteiger partial charge is 0.120 e. The fraction of sp³-hybridized carbons (Fsp3) is 0.294. The van der Waals surface area contributed by atoms with Gasteiger partial charge in [-0.25, -0.2) is 0 Å². The Morgan fingerprint density at radius 2 is 1.90 bits per heavy atom. The van der Waals surface area contributed by atoms with E-state index in [9.17, 15) is 0 Å². The summed E-state index contributed by atoms with van der Waals surface area (Å²) >= 11 is 9.47. The Hall–Kier alpha value is -1.03. The summed E-state index contributed by atoms with van der Waals surface area (Å²) in [5.74, 6) is 0.890. The third-order valence-corrected chi connectivity index (χ3v) is 4.52. The molecule has 1 fully saturated rings. The third-order valence-electron chi connectivity index (χ3n) is 3.49. The lowest BCUT2D eigenvalue weighted by atomic mass is 10.2. The molecule has 4 heteroatoms. The van der Waals surface area contributed by atoms with Crippen molar-refractivity contribution >= 4 is 27.5 Å². The van der Waals surface area contributed by atoms with Gasteiger partial charge in [-0.3, -0.25) is 0 Å². The molecule has 1 N–H and O–H groups in total. The largest absolute Gasteiger partial charge is 0.489 e. The molecule has 0 saturated heterocycles. The van der Waals surface area contributed by atoms with E-state index in [1.165, 1.54) is 18.4 Å². The molecule has 0 heterocycles. The average molecular weight is 367 g/mol. The Kier molecular flexibility index (Phi) is 4.84. The summed E-state index contributed by atoms with van der Waals surface area (Å²) in [4.78, 5) is 0. The van der Waals surface area contributed by atoms with Gasteiger partial charge >= 0.3 is 0 Å². The van der Waals surface area contributed by atoms with Gasteiger partial charge in [-0.15, -0.1) is 0 Å². The zero-order valence-electron chi connectivity index (χ0n) is 11.6. The van der Waals surface area contributed by atoms with Crippen LogP contribution in [0, 0.1) is 0 Å². The Morgan fingerprint density at radius 3 is 2.62 bits per heavy atom. The quantitative estimate of drug-likeness (QED) is 0.782. The molecule has 1 aliphatic rings. The normalized spacial score (nSPS) is 14.2. The van der Waals surface area contributed by atoms with Crippen molar-refractivity contribution in [2.45, 2.75) is 32.0 Å². The first-order valence-corrected chi connectivity index (χ1v) is 8.27. The lowest BCUT2D eigenvalue weighted by Gasteiger charge is -2.10. The van der Waals surface area contributed by atoms with Crippen LogP contribution in [0.1, 0.15) is 24.0 Å². The van der Waals surface area contributed by atoms with Crippen LogP contribution in [0.25, 0.3) is 0 Å². The zero-order chi connectivity index (χ0) is 14.7. The van der Waals surface area contributed by atoms with Crippen molar-refractivity contribution in [3.63, 3.8) is 0 Å². The van der Waals surface area contributed by atoms with E-state index in [1.54, 1.807) is 0 Å². The Labute approximate surface area is 138 Å². The molecule has 0 aliphatic heterocycles. The van der Waals surface area contributed by atoms with Crippen LogP contribution in [0.4, 0.5) is 0 Å². The maximum Gasteiger partial charge on any atom is 0.120 e. The second-order valence-corrected chi connectivity index (χ2v) is 6.61. The minimum atomic E-state index is 0.550. The molecule has 21 heavy (non-hydrogen) atoms. The van der Waals surface area contributed by atoms with E-state index in [-0.39, 0.29) is 0 Å². The average Bonchev–Trinajstić information content (AvgIpc) is 3.31. The number of hydrogen-bond acceptors (Lipinski definition) is 2. The first-order valence-electron chi connectivity index (χ1n) is 7.10. The maximum atomic E-state index is 5.88. The van der Waals surface area contributed by atoms with Crippen LogP contribution in [0.2, 0.25) is 5.02 Å². The van der Waals surface area contributed by atoms with E-state index in [4.69, 9.17) is 16.3 Å². The standard InChI is InChI=1S/C17H17BrClNO/c18-17-8-7-16(9-13(17)10-20-15-5-6-15)21-11-12-1-3-14(19)4-2-12/h1-4,7-9,15,20H,5-6,10-11H2. The van der Waals surface area contributed by atoms with Crippen molar-refractivity contribution in [2.75, 3.05) is 0 Å². The monoisotopic (exact) mass is 365 g/mol. The van der Waals surface area contributed by atoms with Gasteiger partial charge < -0.3 is 10.1 Å². The highest BCUT2D eigenvalue weighted by molar-refractivity contribution is 9.10. The lowest BCUT2D eigenvalue weighted by molar-refractivity contribution is 0.306. The highest BCUT2D eigenvalue weighted by Gasteiger charge is 2.20. The molecule has 0 atom stereocenters. The van der Waals surface area contributed by atoms with E-state index in [0.29, 0.717) is 12.6 Å². The summed E-state index contributed by atoms with van der Waals surface area (Å²) in [6, 6.07) is 14.6. The van der Waals surface area contributed by atoms with Gasteiger partial charge in [0.15, 0.2) is 0 Å². The second kappa shape index (κ2) is 6.82. The molecule has 0 bridgehead atoms. The second-order valence-electron chi connectivity index (χ2n) is 5.32. The van der Waals surface area contributed by atoms with E-state index in [2.05, 4.69) is 27.3 Å². The number of nitrogens with one attached hydrogen (secondary N) is 1. The lowest BCUT2D eigenvalue weighted by Crippen LogP contribution is -2.15.